The van der Waals surface area contributed by atoms with E-state index in [9.17, 15) is 0 Å². The Morgan fingerprint density at radius 3 is 0.871 bits per heavy atom. The Kier molecular flexibility index (Phi) is 20.0. The number of nitrogens with zero attached hydrogens (tertiary/aromatic N) is 4. The predicted octanol–water partition coefficient (Wildman–Crippen LogP) is 38.4. The van der Waals surface area contributed by atoms with Gasteiger partial charge in [-0.1, -0.05) is 442 Å². The fraction of sp³-hybridized carbons (Fsp3) is 0.0629. The van der Waals surface area contributed by atoms with Gasteiger partial charge in [0.25, 0.3) is 0 Å². The van der Waals surface area contributed by atoms with E-state index in [4.69, 9.17) is 15.0 Å². The van der Waals surface area contributed by atoms with Gasteiger partial charge in [-0.15, -0.1) is 0 Å². The van der Waals surface area contributed by atoms with E-state index in [2.05, 4.69) is 502 Å². The minimum Gasteiger partial charge on any atom is -0.264 e. The Morgan fingerprint density at radius 1 is 0.163 bits per heavy atom. The van der Waals surface area contributed by atoms with E-state index in [1.165, 1.54) is 242 Å². The zero-order valence-corrected chi connectivity index (χ0v) is 82.5. The van der Waals surface area contributed by atoms with Gasteiger partial charge in [0, 0.05) is 67.7 Å². The number of benzene rings is 23. The van der Waals surface area contributed by atoms with Crippen LogP contribution in [0, 0.1) is 0 Å². The third-order valence-corrected chi connectivity index (χ3v) is 32.5. The third kappa shape index (κ3) is 13.9. The molecule has 4 aromatic heterocycles. The van der Waals surface area contributed by atoms with Gasteiger partial charge in [-0.2, -0.15) is 0 Å². The average molecular weight is 1870 g/mol. The summed E-state index contributed by atoms with van der Waals surface area (Å²) < 4.78 is 0. The minimum atomic E-state index is -0.0548. The topological polar surface area (TPSA) is 51.6 Å². The molecule has 27 aromatic rings. The number of para-hydroxylation sites is 1. The lowest BCUT2D eigenvalue weighted by molar-refractivity contribution is 0.660. The standard InChI is InChI=1S/C51H34N2.C48H33N.C44H31N/c1-51(2)44-19-8-7-15-38(44)42-30-35(23-26-45(42)51)47-39-16-5-6-17-40(39)48(46-27-24-33-21-20-32-13-10-28-52-49(32)50(33)53-46)41-25-22-34(29-43(41)47)37-18-9-12-31-11-3-4-14-36(31)37;1-48(2)42-20-9-8-16-36(42)40-29-33(23-26-43(40)48)46-37-17-6-7-18-38(37)47(45-27-24-31-13-4-10-21-44(31)49-45)39-25-22-32(28-41(39)46)35-19-11-14-30-12-3-5-15-34(30)35;1-44(2)40-19-8-7-15-34(40)38-26-30(21-23-41(38)44)42-35-16-5-6-17-36(35)43(31-13-10-24-45-27-31)37-22-20-29(25-39(37)42)33-18-9-12-28-11-3-4-14-32(28)33/h3-30H,1-2H3;3-29H,1-2H3;3-27H,1-2H3. The molecule has 0 N–H and O–H groups in total. The molecule has 0 saturated carbocycles. The van der Waals surface area contributed by atoms with E-state index < -0.39 is 0 Å². The first kappa shape index (κ1) is 86.6. The summed E-state index contributed by atoms with van der Waals surface area (Å²) in [4.78, 5) is 20.0. The molecule has 0 spiro atoms. The maximum atomic E-state index is 5.42. The smallest absolute Gasteiger partial charge is 0.0972 e. The van der Waals surface area contributed by atoms with Crippen molar-refractivity contribution in [2.75, 3.05) is 0 Å². The molecule has 0 atom stereocenters. The lowest BCUT2D eigenvalue weighted by Crippen LogP contribution is -2.14. The Balaban J connectivity index is 0.000000107. The number of aromatic nitrogens is 4. The van der Waals surface area contributed by atoms with Gasteiger partial charge in [0.15, 0.2) is 0 Å². The average Bonchev–Trinajstić information content (AvgIpc) is 1.71. The van der Waals surface area contributed by atoms with Crippen LogP contribution >= 0.6 is 0 Å². The molecule has 3 aliphatic carbocycles. The van der Waals surface area contributed by atoms with Crippen molar-refractivity contribution in [2.45, 2.75) is 57.8 Å². The molecule has 30 rings (SSSR count). The summed E-state index contributed by atoms with van der Waals surface area (Å²) in [7, 11) is 0. The molecule has 0 radical (unpaired) electrons. The zero-order valence-electron chi connectivity index (χ0n) is 82.5. The van der Waals surface area contributed by atoms with E-state index >= 15 is 0 Å². The highest BCUT2D eigenvalue weighted by atomic mass is 14.8. The van der Waals surface area contributed by atoms with Crippen molar-refractivity contribution in [3.8, 4) is 134 Å². The summed E-state index contributed by atoms with van der Waals surface area (Å²) >= 11 is 0. The van der Waals surface area contributed by atoms with Crippen molar-refractivity contribution in [2.24, 2.45) is 0 Å². The van der Waals surface area contributed by atoms with Gasteiger partial charge < -0.3 is 0 Å². The molecule has 0 amide bonds. The van der Waals surface area contributed by atoms with Crippen LogP contribution in [0.25, 0.3) is 263 Å². The highest BCUT2D eigenvalue weighted by molar-refractivity contribution is 6.26. The van der Waals surface area contributed by atoms with Gasteiger partial charge in [0.05, 0.1) is 27.9 Å². The second-order valence-corrected chi connectivity index (χ2v) is 41.6. The summed E-state index contributed by atoms with van der Waals surface area (Å²) in [6, 6.07) is 172. The van der Waals surface area contributed by atoms with Gasteiger partial charge in [-0.05, 0) is 303 Å². The van der Waals surface area contributed by atoms with Crippen molar-refractivity contribution < 1.29 is 0 Å². The van der Waals surface area contributed by atoms with Gasteiger partial charge in [-0.3, -0.25) is 9.97 Å². The molecule has 690 valence electrons. The SMILES string of the molecule is CC1(C)c2ccccc2-c2cc(-c3c4ccccc4c(-c4ccc5ccc6cccnc6c5n4)c4ccc(-c5cccc6ccccc56)cc34)ccc21.CC1(C)c2ccccc2-c2cc(-c3c4ccccc4c(-c4ccc5ccccc5n4)c4ccc(-c5cccc6ccccc56)cc34)ccc21.CC1(C)c2ccccc2-c2cc(-c3c4ccccc4c(-c4cccnc4)c4ccc(-c5cccc6ccccc56)cc34)ccc21. The normalized spacial score (nSPS) is 13.3. The van der Waals surface area contributed by atoms with Crippen molar-refractivity contribution in [1.29, 1.82) is 0 Å². The van der Waals surface area contributed by atoms with Crippen molar-refractivity contribution in [1.82, 2.24) is 19.9 Å². The highest BCUT2D eigenvalue weighted by Crippen LogP contribution is 2.58. The Hall–Kier alpha value is -18.2. The quantitative estimate of drug-likeness (QED) is 0.107. The largest absolute Gasteiger partial charge is 0.264 e. The van der Waals surface area contributed by atoms with Crippen LogP contribution in [0.2, 0.25) is 0 Å². The van der Waals surface area contributed by atoms with Crippen LogP contribution in [-0.4, -0.2) is 19.9 Å². The molecule has 4 nitrogen and oxygen atoms in total. The van der Waals surface area contributed by atoms with E-state index in [1.54, 1.807) is 0 Å². The first-order valence-electron chi connectivity index (χ1n) is 51.3. The van der Waals surface area contributed by atoms with Gasteiger partial charge in [0.1, 0.15) is 0 Å². The fourth-order valence-electron chi connectivity index (χ4n) is 25.5. The summed E-state index contributed by atoms with van der Waals surface area (Å²) in [5, 5.41) is 25.6. The minimum absolute atomic E-state index is 0.0275. The second-order valence-electron chi connectivity index (χ2n) is 41.6. The van der Waals surface area contributed by atoms with Crippen LogP contribution in [0.3, 0.4) is 0 Å². The van der Waals surface area contributed by atoms with Crippen molar-refractivity contribution in [3.63, 3.8) is 0 Å². The Morgan fingerprint density at radius 2 is 0.456 bits per heavy atom. The number of hydrogen-bond donors (Lipinski definition) is 0. The molecule has 3 aliphatic rings. The van der Waals surface area contributed by atoms with Crippen LogP contribution < -0.4 is 0 Å². The van der Waals surface area contributed by atoms with E-state index in [0.717, 1.165) is 55.2 Å². The van der Waals surface area contributed by atoms with E-state index in [0.29, 0.717) is 0 Å². The van der Waals surface area contributed by atoms with Crippen LogP contribution in [0.4, 0.5) is 0 Å². The summed E-state index contributed by atoms with van der Waals surface area (Å²) in [6.07, 6.45) is 5.71. The number of fused-ring (bicyclic) bond motifs is 22. The van der Waals surface area contributed by atoms with Crippen molar-refractivity contribution >= 4 is 130 Å². The molecule has 4 heterocycles. The third-order valence-electron chi connectivity index (χ3n) is 32.5. The monoisotopic (exact) mass is 1870 g/mol. The summed E-state index contributed by atoms with van der Waals surface area (Å²) in [5.41, 5.74) is 40.6. The van der Waals surface area contributed by atoms with Gasteiger partial charge in [-0.25, -0.2) is 9.97 Å². The molecule has 23 aromatic carbocycles. The molecule has 0 unspecified atom stereocenters. The fourth-order valence-corrected chi connectivity index (χ4v) is 25.5. The highest BCUT2D eigenvalue weighted by Gasteiger charge is 2.40. The Labute approximate surface area is 854 Å². The van der Waals surface area contributed by atoms with Gasteiger partial charge in [0.2, 0.25) is 0 Å². The molecular weight excluding hydrogens is 1770 g/mol. The summed E-state index contributed by atoms with van der Waals surface area (Å²) in [6.45, 7) is 14.1. The lowest BCUT2D eigenvalue weighted by atomic mass is 9.81. The van der Waals surface area contributed by atoms with Crippen LogP contribution in [0.1, 0.15) is 74.9 Å². The predicted molar refractivity (Wildman–Crippen MR) is 622 cm³/mol. The van der Waals surface area contributed by atoms with Crippen LogP contribution in [0.15, 0.2) is 486 Å². The first-order chi connectivity index (χ1) is 72.2. The molecule has 0 saturated heterocycles. The second kappa shape index (κ2) is 34.0. The van der Waals surface area contributed by atoms with Crippen molar-refractivity contribution in [3.05, 3.63) is 519 Å². The molecule has 0 aliphatic heterocycles. The molecule has 0 fully saturated rings. The molecule has 4 heteroatoms. The number of pyridine rings is 4. The zero-order chi connectivity index (χ0) is 98.1. The van der Waals surface area contributed by atoms with E-state index in [-0.39, 0.29) is 16.2 Å². The van der Waals surface area contributed by atoms with Crippen LogP contribution in [0.5, 0.6) is 0 Å². The lowest BCUT2D eigenvalue weighted by Gasteiger charge is -2.22. The van der Waals surface area contributed by atoms with Gasteiger partial charge >= 0.3 is 0 Å². The Bertz CT molecular complexity index is 10200. The number of hydrogen-bond acceptors (Lipinski definition) is 4. The maximum Gasteiger partial charge on any atom is 0.0972 e. The maximum absolute atomic E-state index is 5.42. The van der Waals surface area contributed by atoms with Crippen LogP contribution in [-0.2, 0) is 16.2 Å². The number of rotatable bonds is 9. The first-order valence-corrected chi connectivity index (χ1v) is 51.3. The van der Waals surface area contributed by atoms with E-state index in [1.807, 2.05) is 30.7 Å². The molecule has 147 heavy (non-hydrogen) atoms. The molecule has 0 bridgehead atoms. The summed E-state index contributed by atoms with van der Waals surface area (Å²) in [5.74, 6) is 0. The molecular formula is C143H98N4.